The van der Waals surface area contributed by atoms with E-state index in [-0.39, 0.29) is 30.6 Å². The van der Waals surface area contributed by atoms with E-state index in [1.165, 1.54) is 122 Å². The van der Waals surface area contributed by atoms with Gasteiger partial charge in [0.25, 0.3) is 0 Å². The summed E-state index contributed by atoms with van der Waals surface area (Å²) < 4.78 is 16.4. The van der Waals surface area contributed by atoms with Crippen LogP contribution in [0.25, 0.3) is 0 Å². The number of rotatable bonds is 45. The third kappa shape index (κ3) is 40.5. The standard InChI is InChI=1S/C48H94N2O6/c1-5-8-11-14-17-26-33-43-55-47(52)37-29-22-18-24-31-40-50(42-34-39-49-46(51)44-54-4)41-32-25-19-23-30-38-48(53)56-45(35-27-20-15-12-9-6-2)36-28-21-16-13-10-7-3/h45H,5-44H2,1-4H3,(H,49,51). The molecule has 0 saturated heterocycles. The van der Waals surface area contributed by atoms with Crippen LogP contribution in [0.15, 0.2) is 0 Å². The van der Waals surface area contributed by atoms with Crippen LogP contribution in [0.5, 0.6) is 0 Å². The molecule has 1 N–H and O–H groups in total. The molecule has 1 amide bonds. The van der Waals surface area contributed by atoms with Crippen molar-refractivity contribution in [1.82, 2.24) is 10.2 Å². The molecular formula is C48H94N2O6. The lowest BCUT2D eigenvalue weighted by Gasteiger charge is -2.22. The summed E-state index contributed by atoms with van der Waals surface area (Å²) in [5, 5.41) is 2.95. The molecule has 0 saturated carbocycles. The SMILES string of the molecule is CCCCCCCCCOC(=O)CCCCCCCN(CCCCCCCC(=O)OC(CCCCCCCC)CCCCCCCC)CCCNC(=O)COC. The molecule has 0 aromatic heterocycles. The first kappa shape index (κ1) is 54.3. The van der Waals surface area contributed by atoms with E-state index in [4.69, 9.17) is 14.2 Å². The Balaban J connectivity index is 4.34. The van der Waals surface area contributed by atoms with Gasteiger partial charge >= 0.3 is 11.9 Å². The minimum Gasteiger partial charge on any atom is -0.466 e. The second kappa shape index (κ2) is 44.4. The van der Waals surface area contributed by atoms with Crippen LogP contribution in [0, 0.1) is 0 Å². The fourth-order valence-electron chi connectivity index (χ4n) is 7.45. The number of amides is 1. The summed E-state index contributed by atoms with van der Waals surface area (Å²) >= 11 is 0. The number of nitrogens with one attached hydrogen (secondary N) is 1. The van der Waals surface area contributed by atoms with Crippen molar-refractivity contribution in [1.29, 1.82) is 0 Å². The molecule has 0 radical (unpaired) electrons. The second-order valence-electron chi connectivity index (χ2n) is 16.6. The molecule has 0 atom stereocenters. The summed E-state index contributed by atoms with van der Waals surface area (Å²) in [5.74, 6) is -0.0869. The zero-order chi connectivity index (χ0) is 41.0. The van der Waals surface area contributed by atoms with Crippen molar-refractivity contribution in [3.63, 3.8) is 0 Å². The molecule has 0 bridgehead atoms. The Labute approximate surface area is 347 Å². The van der Waals surface area contributed by atoms with E-state index in [1.54, 1.807) is 7.11 Å². The predicted molar refractivity (Wildman–Crippen MR) is 236 cm³/mol. The number of hydrogen-bond acceptors (Lipinski definition) is 7. The first-order valence-electron chi connectivity index (χ1n) is 24.3. The van der Waals surface area contributed by atoms with E-state index >= 15 is 0 Å². The minimum absolute atomic E-state index is 0.00877. The maximum absolute atomic E-state index is 12.8. The maximum atomic E-state index is 12.8. The highest BCUT2D eigenvalue weighted by Gasteiger charge is 2.14. The first-order valence-corrected chi connectivity index (χ1v) is 24.3. The molecular weight excluding hydrogens is 701 g/mol. The van der Waals surface area contributed by atoms with Gasteiger partial charge in [-0.3, -0.25) is 14.4 Å². The lowest BCUT2D eigenvalue weighted by atomic mass is 10.0. The monoisotopic (exact) mass is 795 g/mol. The van der Waals surface area contributed by atoms with Crippen LogP contribution < -0.4 is 5.32 Å². The van der Waals surface area contributed by atoms with Crippen molar-refractivity contribution < 1.29 is 28.6 Å². The van der Waals surface area contributed by atoms with Gasteiger partial charge in [0.2, 0.25) is 5.91 Å². The molecule has 8 nitrogen and oxygen atoms in total. The van der Waals surface area contributed by atoms with Crippen molar-refractivity contribution in [2.75, 3.05) is 46.5 Å². The van der Waals surface area contributed by atoms with Crippen LogP contribution in [0.3, 0.4) is 0 Å². The number of nitrogens with zero attached hydrogens (tertiary/aromatic N) is 1. The molecule has 0 fully saturated rings. The lowest BCUT2D eigenvalue weighted by molar-refractivity contribution is -0.150. The number of carbonyl (C=O) groups excluding carboxylic acids is 3. The van der Waals surface area contributed by atoms with Gasteiger partial charge in [-0.05, 0) is 83.8 Å². The highest BCUT2D eigenvalue weighted by atomic mass is 16.5. The van der Waals surface area contributed by atoms with Gasteiger partial charge in [-0.25, -0.2) is 0 Å². The van der Waals surface area contributed by atoms with Gasteiger partial charge in [-0.15, -0.1) is 0 Å². The van der Waals surface area contributed by atoms with Gasteiger partial charge < -0.3 is 24.4 Å². The molecule has 0 unspecified atom stereocenters. The Hall–Kier alpha value is -1.67. The normalized spacial score (nSPS) is 11.5. The second-order valence-corrected chi connectivity index (χ2v) is 16.6. The molecule has 0 aliphatic carbocycles. The van der Waals surface area contributed by atoms with Crippen molar-refractivity contribution in [2.24, 2.45) is 0 Å². The molecule has 0 aromatic rings. The molecule has 0 aromatic carbocycles. The highest BCUT2D eigenvalue weighted by molar-refractivity contribution is 5.77. The summed E-state index contributed by atoms with van der Waals surface area (Å²) in [5.41, 5.74) is 0. The summed E-state index contributed by atoms with van der Waals surface area (Å²) in [7, 11) is 1.54. The van der Waals surface area contributed by atoms with Crippen LogP contribution >= 0.6 is 0 Å². The number of hydrogen-bond donors (Lipinski definition) is 1. The third-order valence-electron chi connectivity index (χ3n) is 11.0. The fourth-order valence-corrected chi connectivity index (χ4v) is 7.45. The Morgan fingerprint density at radius 1 is 0.482 bits per heavy atom. The zero-order valence-corrected chi connectivity index (χ0v) is 37.8. The Morgan fingerprint density at radius 2 is 0.893 bits per heavy atom. The highest BCUT2D eigenvalue weighted by Crippen LogP contribution is 2.18. The predicted octanol–water partition coefficient (Wildman–Crippen LogP) is 12.8. The number of ether oxygens (including phenoxy) is 3. The van der Waals surface area contributed by atoms with Gasteiger partial charge in [0.15, 0.2) is 0 Å². The van der Waals surface area contributed by atoms with Crippen molar-refractivity contribution in [2.45, 2.75) is 245 Å². The molecule has 0 rings (SSSR count). The van der Waals surface area contributed by atoms with Crippen molar-refractivity contribution >= 4 is 17.8 Å². The van der Waals surface area contributed by atoms with Crippen LogP contribution in [-0.2, 0) is 28.6 Å². The molecule has 332 valence electrons. The van der Waals surface area contributed by atoms with E-state index in [0.717, 1.165) is 103 Å². The summed E-state index contributed by atoms with van der Waals surface area (Å²) in [6.07, 6.45) is 39.0. The van der Waals surface area contributed by atoms with E-state index in [9.17, 15) is 14.4 Å². The van der Waals surface area contributed by atoms with Gasteiger partial charge in [-0.2, -0.15) is 0 Å². The van der Waals surface area contributed by atoms with Gasteiger partial charge in [0.1, 0.15) is 12.7 Å². The third-order valence-corrected chi connectivity index (χ3v) is 11.0. The zero-order valence-electron chi connectivity index (χ0n) is 37.8. The number of carbonyl (C=O) groups is 3. The van der Waals surface area contributed by atoms with Crippen LogP contribution in [0.1, 0.15) is 239 Å². The Morgan fingerprint density at radius 3 is 1.39 bits per heavy atom. The van der Waals surface area contributed by atoms with Gasteiger partial charge in [0.05, 0.1) is 6.61 Å². The Kier molecular flexibility index (Phi) is 43.1. The molecule has 0 aliphatic heterocycles. The smallest absolute Gasteiger partial charge is 0.306 e. The van der Waals surface area contributed by atoms with Crippen molar-refractivity contribution in [3.8, 4) is 0 Å². The summed E-state index contributed by atoms with van der Waals surface area (Å²) in [6, 6.07) is 0. The number of unbranched alkanes of at least 4 members (excludes halogenated alkanes) is 24. The van der Waals surface area contributed by atoms with E-state index in [0.29, 0.717) is 26.0 Å². The lowest BCUT2D eigenvalue weighted by Crippen LogP contribution is -2.32. The van der Waals surface area contributed by atoms with E-state index in [2.05, 4.69) is 31.0 Å². The Bertz CT molecular complexity index is 840. The number of esters is 2. The van der Waals surface area contributed by atoms with Gasteiger partial charge in [0, 0.05) is 26.5 Å². The summed E-state index contributed by atoms with van der Waals surface area (Å²) in [6.45, 7) is 11.2. The van der Waals surface area contributed by atoms with Crippen LogP contribution in [-0.4, -0.2) is 75.4 Å². The van der Waals surface area contributed by atoms with Gasteiger partial charge in [-0.1, -0.05) is 162 Å². The maximum Gasteiger partial charge on any atom is 0.306 e. The summed E-state index contributed by atoms with van der Waals surface area (Å²) in [4.78, 5) is 39.2. The average molecular weight is 795 g/mol. The molecule has 56 heavy (non-hydrogen) atoms. The first-order chi connectivity index (χ1) is 27.5. The fraction of sp³-hybridized carbons (Fsp3) is 0.938. The number of methoxy groups -OCH3 is 1. The molecule has 0 heterocycles. The van der Waals surface area contributed by atoms with E-state index < -0.39 is 0 Å². The largest absolute Gasteiger partial charge is 0.466 e. The molecule has 0 spiro atoms. The van der Waals surface area contributed by atoms with Crippen LogP contribution in [0.2, 0.25) is 0 Å². The average Bonchev–Trinajstić information content (AvgIpc) is 3.18. The topological polar surface area (TPSA) is 94.2 Å². The minimum atomic E-state index is -0.0595. The van der Waals surface area contributed by atoms with Crippen LogP contribution in [0.4, 0.5) is 0 Å². The molecule has 0 aliphatic rings. The quantitative estimate of drug-likeness (QED) is 0.0484. The van der Waals surface area contributed by atoms with E-state index in [1.807, 2.05) is 0 Å². The molecule has 8 heteroatoms. The van der Waals surface area contributed by atoms with Crippen molar-refractivity contribution in [3.05, 3.63) is 0 Å².